The van der Waals surface area contributed by atoms with E-state index in [0.29, 0.717) is 5.92 Å². The molecule has 0 spiro atoms. The van der Waals surface area contributed by atoms with Gasteiger partial charge in [-0.15, -0.1) is 0 Å². The molecule has 0 fully saturated rings. The Morgan fingerprint density at radius 3 is 3.07 bits per heavy atom. The summed E-state index contributed by atoms with van der Waals surface area (Å²) in [6, 6.07) is 0. The third kappa shape index (κ3) is 1.52. The Hall–Kier alpha value is -1.31. The Balaban J connectivity index is 2.46. The quantitative estimate of drug-likeness (QED) is 0.581. The molecule has 1 heterocycles. The van der Waals surface area contributed by atoms with Crippen molar-refractivity contribution in [1.82, 2.24) is 0 Å². The lowest BCUT2D eigenvalue weighted by Gasteiger charge is -2.18. The summed E-state index contributed by atoms with van der Waals surface area (Å²) >= 11 is 0. The Labute approximate surface area is 84.7 Å². The van der Waals surface area contributed by atoms with Crippen LogP contribution in [0.3, 0.4) is 0 Å². The molecule has 0 aromatic carbocycles. The molecular formula is C12H15NO. The summed E-state index contributed by atoms with van der Waals surface area (Å²) < 4.78 is 5.44. The first-order valence-corrected chi connectivity index (χ1v) is 4.98. The topological polar surface area (TPSA) is 21.6 Å². The molecule has 0 saturated carbocycles. The Morgan fingerprint density at radius 2 is 2.29 bits per heavy atom. The number of methoxy groups -OCH3 is 1. The SMILES string of the molecule is COC1=C2C(C)=NC=CC2C=CCC1. The number of ether oxygens (including phenoxy) is 1. The van der Waals surface area contributed by atoms with Crippen LogP contribution >= 0.6 is 0 Å². The molecule has 1 aliphatic carbocycles. The second-order valence-electron chi connectivity index (χ2n) is 3.59. The van der Waals surface area contributed by atoms with Crippen LogP contribution in [0.15, 0.2) is 40.8 Å². The van der Waals surface area contributed by atoms with Crippen molar-refractivity contribution in [2.75, 3.05) is 7.11 Å². The summed E-state index contributed by atoms with van der Waals surface area (Å²) in [4.78, 5) is 4.32. The van der Waals surface area contributed by atoms with Gasteiger partial charge < -0.3 is 4.74 Å². The van der Waals surface area contributed by atoms with E-state index in [4.69, 9.17) is 4.74 Å². The zero-order valence-corrected chi connectivity index (χ0v) is 8.66. The van der Waals surface area contributed by atoms with Crippen molar-refractivity contribution in [3.05, 3.63) is 35.8 Å². The fraction of sp³-hybridized carbons (Fsp3) is 0.417. The maximum absolute atomic E-state index is 5.44. The largest absolute Gasteiger partial charge is 0.501 e. The molecular weight excluding hydrogens is 174 g/mol. The molecule has 2 nitrogen and oxygen atoms in total. The second kappa shape index (κ2) is 3.82. The van der Waals surface area contributed by atoms with Crippen molar-refractivity contribution in [2.45, 2.75) is 19.8 Å². The summed E-state index contributed by atoms with van der Waals surface area (Å²) in [7, 11) is 1.75. The van der Waals surface area contributed by atoms with E-state index >= 15 is 0 Å². The van der Waals surface area contributed by atoms with Crippen LogP contribution in [-0.4, -0.2) is 12.8 Å². The molecule has 0 N–H and O–H groups in total. The average Bonchev–Trinajstić information content (AvgIpc) is 2.40. The van der Waals surface area contributed by atoms with Crippen LogP contribution < -0.4 is 0 Å². The molecule has 0 amide bonds. The van der Waals surface area contributed by atoms with Gasteiger partial charge in [0.1, 0.15) is 5.76 Å². The van der Waals surface area contributed by atoms with Gasteiger partial charge >= 0.3 is 0 Å². The highest BCUT2D eigenvalue weighted by Gasteiger charge is 2.21. The van der Waals surface area contributed by atoms with E-state index in [0.717, 1.165) is 24.3 Å². The normalized spacial score (nSPS) is 25.6. The number of hydrogen-bond acceptors (Lipinski definition) is 2. The molecule has 1 atom stereocenters. The predicted molar refractivity (Wildman–Crippen MR) is 58.1 cm³/mol. The summed E-state index contributed by atoms with van der Waals surface area (Å²) in [5, 5.41) is 0. The van der Waals surface area contributed by atoms with Gasteiger partial charge in [-0.1, -0.05) is 18.2 Å². The van der Waals surface area contributed by atoms with Gasteiger partial charge in [0.2, 0.25) is 0 Å². The van der Waals surface area contributed by atoms with Gasteiger partial charge in [0.05, 0.1) is 7.11 Å². The summed E-state index contributed by atoms with van der Waals surface area (Å²) in [6.07, 6.45) is 10.5. The molecule has 14 heavy (non-hydrogen) atoms. The number of fused-ring (bicyclic) bond motifs is 1. The number of allylic oxidation sites excluding steroid dienone is 5. The van der Waals surface area contributed by atoms with Crippen molar-refractivity contribution in [2.24, 2.45) is 10.9 Å². The smallest absolute Gasteiger partial charge is 0.102 e. The monoisotopic (exact) mass is 189 g/mol. The predicted octanol–water partition coefficient (Wildman–Crippen LogP) is 2.84. The van der Waals surface area contributed by atoms with Crippen LogP contribution in [0.1, 0.15) is 19.8 Å². The van der Waals surface area contributed by atoms with Crippen molar-refractivity contribution in [1.29, 1.82) is 0 Å². The first kappa shape index (κ1) is 9.25. The summed E-state index contributed by atoms with van der Waals surface area (Å²) in [6.45, 7) is 2.05. The number of aliphatic imine (C=N–C) groups is 1. The maximum atomic E-state index is 5.44. The van der Waals surface area contributed by atoms with Gasteiger partial charge in [-0.05, 0) is 13.3 Å². The van der Waals surface area contributed by atoms with Gasteiger partial charge in [-0.2, -0.15) is 0 Å². The second-order valence-corrected chi connectivity index (χ2v) is 3.59. The minimum Gasteiger partial charge on any atom is -0.501 e. The van der Waals surface area contributed by atoms with E-state index in [2.05, 4.69) is 23.2 Å². The minimum atomic E-state index is 0.366. The number of hydrogen-bond donors (Lipinski definition) is 0. The molecule has 0 aromatic heterocycles. The fourth-order valence-electron chi connectivity index (χ4n) is 2.01. The van der Waals surface area contributed by atoms with Gasteiger partial charge in [-0.3, -0.25) is 4.99 Å². The lowest BCUT2D eigenvalue weighted by atomic mass is 9.92. The number of rotatable bonds is 1. The fourth-order valence-corrected chi connectivity index (χ4v) is 2.01. The molecule has 0 radical (unpaired) electrons. The first-order valence-electron chi connectivity index (χ1n) is 4.98. The zero-order chi connectivity index (χ0) is 9.97. The van der Waals surface area contributed by atoms with Crippen LogP contribution in [0.4, 0.5) is 0 Å². The standard InChI is InChI=1S/C12H15NO/c1-9-12-10(7-8-13-9)5-3-4-6-11(12)14-2/h3,5,7-8,10H,4,6H2,1-2H3. The van der Waals surface area contributed by atoms with Gasteiger partial charge in [0, 0.05) is 29.8 Å². The molecule has 0 bridgehead atoms. The van der Waals surface area contributed by atoms with Crippen molar-refractivity contribution in [3.8, 4) is 0 Å². The summed E-state index contributed by atoms with van der Waals surface area (Å²) in [5.41, 5.74) is 2.34. The van der Waals surface area contributed by atoms with Crippen molar-refractivity contribution in [3.63, 3.8) is 0 Å². The van der Waals surface area contributed by atoms with Crippen molar-refractivity contribution >= 4 is 5.71 Å². The van der Waals surface area contributed by atoms with Crippen LogP contribution in [0.25, 0.3) is 0 Å². The average molecular weight is 189 g/mol. The van der Waals surface area contributed by atoms with E-state index in [1.54, 1.807) is 7.11 Å². The van der Waals surface area contributed by atoms with Crippen molar-refractivity contribution < 1.29 is 4.74 Å². The maximum Gasteiger partial charge on any atom is 0.102 e. The Morgan fingerprint density at radius 1 is 1.43 bits per heavy atom. The van der Waals surface area contributed by atoms with E-state index in [9.17, 15) is 0 Å². The van der Waals surface area contributed by atoms with Crippen LogP contribution in [-0.2, 0) is 4.74 Å². The van der Waals surface area contributed by atoms with Gasteiger partial charge in [0.25, 0.3) is 0 Å². The van der Waals surface area contributed by atoms with Crippen LogP contribution in [0, 0.1) is 5.92 Å². The highest BCUT2D eigenvalue weighted by atomic mass is 16.5. The Kier molecular flexibility index (Phi) is 2.53. The van der Waals surface area contributed by atoms with Crippen LogP contribution in [0.5, 0.6) is 0 Å². The minimum absolute atomic E-state index is 0.366. The van der Waals surface area contributed by atoms with E-state index in [1.165, 1.54) is 5.57 Å². The first-order chi connectivity index (χ1) is 6.83. The van der Waals surface area contributed by atoms with E-state index in [1.807, 2.05) is 13.1 Å². The Bertz CT molecular complexity index is 347. The molecule has 2 aliphatic rings. The molecule has 1 aliphatic heterocycles. The van der Waals surface area contributed by atoms with Gasteiger partial charge in [-0.25, -0.2) is 0 Å². The molecule has 1 unspecified atom stereocenters. The third-order valence-electron chi connectivity index (χ3n) is 2.71. The molecule has 2 heteroatoms. The highest BCUT2D eigenvalue weighted by molar-refractivity contribution is 6.01. The highest BCUT2D eigenvalue weighted by Crippen LogP contribution is 2.29. The lowest BCUT2D eigenvalue weighted by molar-refractivity contribution is 0.274. The molecule has 2 rings (SSSR count). The third-order valence-corrected chi connectivity index (χ3v) is 2.71. The number of nitrogens with zero attached hydrogens (tertiary/aromatic N) is 1. The van der Waals surface area contributed by atoms with E-state index in [-0.39, 0.29) is 0 Å². The molecule has 0 saturated heterocycles. The summed E-state index contributed by atoms with van der Waals surface area (Å²) in [5.74, 6) is 1.45. The molecule has 74 valence electrons. The zero-order valence-electron chi connectivity index (χ0n) is 8.66. The lowest BCUT2D eigenvalue weighted by Crippen LogP contribution is -2.13. The van der Waals surface area contributed by atoms with E-state index < -0.39 is 0 Å². The van der Waals surface area contributed by atoms with Gasteiger partial charge in [0.15, 0.2) is 0 Å². The van der Waals surface area contributed by atoms with Crippen LogP contribution in [0.2, 0.25) is 0 Å². The molecule has 0 aromatic rings.